The van der Waals surface area contributed by atoms with Crippen molar-refractivity contribution < 1.29 is 14.6 Å². The van der Waals surface area contributed by atoms with E-state index in [2.05, 4.69) is 0 Å². The Balaban J connectivity index is 2.55. The van der Waals surface area contributed by atoms with Crippen molar-refractivity contribution in [3.05, 3.63) is 23.8 Å². The van der Waals surface area contributed by atoms with Gasteiger partial charge in [0.05, 0.1) is 12.2 Å². The van der Waals surface area contributed by atoms with Gasteiger partial charge >= 0.3 is 5.97 Å². The zero-order valence-corrected chi connectivity index (χ0v) is 7.86. The van der Waals surface area contributed by atoms with Crippen LogP contribution >= 0.6 is 0 Å². The summed E-state index contributed by atoms with van der Waals surface area (Å²) in [5, 5.41) is 8.93. The normalized spacial score (nSPS) is 14.5. The fourth-order valence-corrected chi connectivity index (χ4v) is 1.55. The second kappa shape index (κ2) is 3.21. The van der Waals surface area contributed by atoms with E-state index in [4.69, 9.17) is 9.84 Å². The summed E-state index contributed by atoms with van der Waals surface area (Å²) in [4.78, 5) is 12.9. The lowest BCUT2D eigenvalue weighted by molar-refractivity contribution is 0.0692. The highest BCUT2D eigenvalue weighted by atomic mass is 16.5. The molecule has 1 aromatic rings. The Labute approximate surface area is 81.7 Å². The minimum Gasteiger partial charge on any atom is -0.489 e. The highest BCUT2D eigenvalue weighted by Crippen LogP contribution is 2.33. The average molecular weight is 193 g/mol. The standard InChI is InChI=1S/C10H11NO3/c1-11-5-6-14-9-7(10(12)13)3-2-4-8(9)11/h2-4H,5-6H2,1H3,(H,12,13). The quantitative estimate of drug-likeness (QED) is 0.728. The smallest absolute Gasteiger partial charge is 0.339 e. The van der Waals surface area contributed by atoms with E-state index in [1.807, 2.05) is 18.0 Å². The number of para-hydroxylation sites is 1. The third-order valence-electron chi connectivity index (χ3n) is 2.31. The van der Waals surface area contributed by atoms with Gasteiger partial charge < -0.3 is 14.7 Å². The number of fused-ring (bicyclic) bond motifs is 1. The van der Waals surface area contributed by atoms with Gasteiger partial charge in [0.15, 0.2) is 5.75 Å². The summed E-state index contributed by atoms with van der Waals surface area (Å²) in [6.07, 6.45) is 0. The molecule has 0 saturated carbocycles. The molecule has 0 aromatic heterocycles. The van der Waals surface area contributed by atoms with Gasteiger partial charge in [-0.3, -0.25) is 0 Å². The lowest BCUT2D eigenvalue weighted by atomic mass is 10.1. The molecule has 4 heteroatoms. The van der Waals surface area contributed by atoms with E-state index >= 15 is 0 Å². The number of carbonyl (C=O) groups is 1. The molecule has 0 atom stereocenters. The van der Waals surface area contributed by atoms with Gasteiger partial charge in [-0.05, 0) is 12.1 Å². The average Bonchev–Trinajstić information content (AvgIpc) is 2.17. The second-order valence-corrected chi connectivity index (χ2v) is 3.23. The summed E-state index contributed by atoms with van der Waals surface area (Å²) in [6, 6.07) is 5.15. The van der Waals surface area contributed by atoms with E-state index in [-0.39, 0.29) is 5.56 Å². The van der Waals surface area contributed by atoms with Crippen LogP contribution in [0.3, 0.4) is 0 Å². The van der Waals surface area contributed by atoms with Gasteiger partial charge in [-0.15, -0.1) is 0 Å². The summed E-state index contributed by atoms with van der Waals surface area (Å²) in [5.41, 5.74) is 1.07. The summed E-state index contributed by atoms with van der Waals surface area (Å²) in [5.74, 6) is -0.467. The van der Waals surface area contributed by atoms with Crippen LogP contribution in [-0.4, -0.2) is 31.3 Å². The molecule has 1 aliphatic rings. The highest BCUT2D eigenvalue weighted by Gasteiger charge is 2.20. The SMILES string of the molecule is CN1CCOc2c(C(=O)O)cccc21. The Morgan fingerprint density at radius 2 is 2.36 bits per heavy atom. The Morgan fingerprint density at radius 3 is 3.07 bits per heavy atom. The first-order valence-electron chi connectivity index (χ1n) is 4.40. The first-order chi connectivity index (χ1) is 6.70. The number of nitrogens with zero attached hydrogens (tertiary/aromatic N) is 1. The predicted octanol–water partition coefficient (Wildman–Crippen LogP) is 1.21. The number of carboxylic acid groups (broad SMARTS) is 1. The molecule has 4 nitrogen and oxygen atoms in total. The van der Waals surface area contributed by atoms with E-state index in [1.54, 1.807) is 12.1 Å². The van der Waals surface area contributed by atoms with E-state index in [1.165, 1.54) is 0 Å². The fourth-order valence-electron chi connectivity index (χ4n) is 1.55. The first-order valence-corrected chi connectivity index (χ1v) is 4.40. The third-order valence-corrected chi connectivity index (χ3v) is 2.31. The number of ether oxygens (including phenoxy) is 1. The Kier molecular flexibility index (Phi) is 2.04. The van der Waals surface area contributed by atoms with Crippen molar-refractivity contribution >= 4 is 11.7 Å². The molecule has 0 aliphatic carbocycles. The van der Waals surface area contributed by atoms with Crippen molar-refractivity contribution in [1.82, 2.24) is 0 Å². The monoisotopic (exact) mass is 193 g/mol. The van der Waals surface area contributed by atoms with Crippen LogP contribution in [0.5, 0.6) is 5.75 Å². The van der Waals surface area contributed by atoms with Crippen LogP contribution in [0, 0.1) is 0 Å². The summed E-state index contributed by atoms with van der Waals surface area (Å²) in [7, 11) is 1.92. The summed E-state index contributed by atoms with van der Waals surface area (Å²) < 4.78 is 5.36. The van der Waals surface area contributed by atoms with Crippen LogP contribution < -0.4 is 9.64 Å². The van der Waals surface area contributed by atoms with Gasteiger partial charge in [0, 0.05) is 7.05 Å². The van der Waals surface area contributed by atoms with Crippen molar-refractivity contribution in [3.63, 3.8) is 0 Å². The van der Waals surface area contributed by atoms with Gasteiger partial charge in [0.2, 0.25) is 0 Å². The number of benzene rings is 1. The zero-order chi connectivity index (χ0) is 10.1. The molecule has 1 heterocycles. The predicted molar refractivity (Wildman–Crippen MR) is 52.2 cm³/mol. The van der Waals surface area contributed by atoms with Gasteiger partial charge in [-0.25, -0.2) is 4.79 Å². The first kappa shape index (κ1) is 8.87. The molecule has 0 fully saturated rings. The molecule has 1 N–H and O–H groups in total. The number of aromatic carboxylic acids is 1. The van der Waals surface area contributed by atoms with Crippen molar-refractivity contribution in [2.45, 2.75) is 0 Å². The summed E-state index contributed by atoms with van der Waals surface area (Å²) in [6.45, 7) is 1.32. The molecule has 14 heavy (non-hydrogen) atoms. The molecule has 1 aromatic carbocycles. The molecular formula is C10H11NO3. The van der Waals surface area contributed by atoms with Crippen LogP contribution in [0.15, 0.2) is 18.2 Å². The number of hydrogen-bond acceptors (Lipinski definition) is 3. The lowest BCUT2D eigenvalue weighted by Crippen LogP contribution is -2.29. The fraction of sp³-hybridized carbons (Fsp3) is 0.300. The molecule has 0 amide bonds. The number of rotatable bonds is 1. The Bertz CT molecular complexity index is 376. The van der Waals surface area contributed by atoms with Crippen molar-refractivity contribution in [1.29, 1.82) is 0 Å². The van der Waals surface area contributed by atoms with E-state index in [0.29, 0.717) is 12.4 Å². The molecule has 0 unspecified atom stereocenters. The number of anilines is 1. The van der Waals surface area contributed by atoms with Gasteiger partial charge in [-0.1, -0.05) is 6.07 Å². The van der Waals surface area contributed by atoms with E-state index in [9.17, 15) is 4.79 Å². The second-order valence-electron chi connectivity index (χ2n) is 3.23. The van der Waals surface area contributed by atoms with Gasteiger partial charge in [0.25, 0.3) is 0 Å². The largest absolute Gasteiger partial charge is 0.489 e. The van der Waals surface area contributed by atoms with Crippen LogP contribution in [-0.2, 0) is 0 Å². The maximum absolute atomic E-state index is 10.9. The van der Waals surface area contributed by atoms with Crippen molar-refractivity contribution in [2.75, 3.05) is 25.1 Å². The molecule has 0 spiro atoms. The molecule has 0 bridgehead atoms. The maximum atomic E-state index is 10.9. The molecular weight excluding hydrogens is 182 g/mol. The lowest BCUT2D eigenvalue weighted by Gasteiger charge is -2.28. The van der Waals surface area contributed by atoms with Crippen LogP contribution in [0.2, 0.25) is 0 Å². The van der Waals surface area contributed by atoms with E-state index in [0.717, 1.165) is 12.2 Å². The van der Waals surface area contributed by atoms with Crippen molar-refractivity contribution in [2.24, 2.45) is 0 Å². The molecule has 1 aliphatic heterocycles. The van der Waals surface area contributed by atoms with Crippen LogP contribution in [0.25, 0.3) is 0 Å². The highest BCUT2D eigenvalue weighted by molar-refractivity contribution is 5.93. The third kappa shape index (κ3) is 1.28. The Hall–Kier alpha value is -1.71. The molecule has 74 valence electrons. The van der Waals surface area contributed by atoms with Crippen molar-refractivity contribution in [3.8, 4) is 5.75 Å². The Morgan fingerprint density at radius 1 is 1.57 bits per heavy atom. The summed E-state index contributed by atoms with van der Waals surface area (Å²) >= 11 is 0. The number of likely N-dealkylation sites (N-methyl/N-ethyl adjacent to an activating group) is 1. The minimum atomic E-state index is -0.947. The topological polar surface area (TPSA) is 49.8 Å². The van der Waals surface area contributed by atoms with E-state index < -0.39 is 5.97 Å². The molecule has 2 rings (SSSR count). The van der Waals surface area contributed by atoms with Gasteiger partial charge in [0.1, 0.15) is 12.2 Å². The number of carboxylic acids is 1. The number of hydrogen-bond donors (Lipinski definition) is 1. The maximum Gasteiger partial charge on any atom is 0.339 e. The van der Waals surface area contributed by atoms with Crippen LogP contribution in [0.1, 0.15) is 10.4 Å². The van der Waals surface area contributed by atoms with Crippen LogP contribution in [0.4, 0.5) is 5.69 Å². The zero-order valence-electron chi connectivity index (χ0n) is 7.86. The molecule has 0 saturated heterocycles. The molecule has 0 radical (unpaired) electrons. The van der Waals surface area contributed by atoms with Gasteiger partial charge in [-0.2, -0.15) is 0 Å². The minimum absolute atomic E-state index is 0.231.